The summed E-state index contributed by atoms with van der Waals surface area (Å²) in [7, 11) is -3.28. The number of anilines is 1. The van der Waals surface area contributed by atoms with Crippen molar-refractivity contribution in [2.24, 2.45) is 0 Å². The molecule has 31 heavy (non-hydrogen) atoms. The van der Waals surface area contributed by atoms with Crippen LogP contribution in [-0.4, -0.2) is 60.7 Å². The molecule has 3 N–H and O–H groups in total. The molecule has 2 aliphatic carbocycles. The highest BCUT2D eigenvalue weighted by atomic mass is 35.5. The van der Waals surface area contributed by atoms with Gasteiger partial charge in [0.15, 0.2) is 0 Å². The molecule has 3 fully saturated rings. The minimum absolute atomic E-state index is 0.0337. The van der Waals surface area contributed by atoms with Crippen LogP contribution >= 0.6 is 11.6 Å². The normalized spacial score (nSPS) is 27.7. The van der Waals surface area contributed by atoms with Crippen molar-refractivity contribution >= 4 is 33.4 Å². The summed E-state index contributed by atoms with van der Waals surface area (Å²) in [5.41, 5.74) is 0.0724. The number of nitrogens with zero attached hydrogens (tertiary/aromatic N) is 2. The van der Waals surface area contributed by atoms with Crippen LogP contribution in [0.25, 0.3) is 0 Å². The molecule has 1 amide bonds. The van der Waals surface area contributed by atoms with Gasteiger partial charge in [-0.05, 0) is 45.4 Å². The van der Waals surface area contributed by atoms with Gasteiger partial charge in [0.2, 0.25) is 10.0 Å². The summed E-state index contributed by atoms with van der Waals surface area (Å²) in [6, 6.07) is -0.110. The van der Waals surface area contributed by atoms with Crippen molar-refractivity contribution in [3.05, 3.63) is 21.6 Å². The van der Waals surface area contributed by atoms with E-state index in [1.54, 1.807) is 6.92 Å². The average molecular weight is 474 g/mol. The molecule has 0 unspecified atom stereocenters. The van der Waals surface area contributed by atoms with Gasteiger partial charge < -0.3 is 15.0 Å². The second-order valence-electron chi connectivity index (χ2n) is 8.92. The van der Waals surface area contributed by atoms with Gasteiger partial charge in [-0.1, -0.05) is 11.6 Å². The van der Waals surface area contributed by atoms with Gasteiger partial charge in [-0.25, -0.2) is 23.0 Å². The number of alkyl carbamates (subject to hydrolysis) is 1. The lowest BCUT2D eigenvalue weighted by atomic mass is 9.92. The van der Waals surface area contributed by atoms with E-state index in [2.05, 4.69) is 20.2 Å². The fourth-order valence-corrected chi connectivity index (χ4v) is 5.96. The van der Waals surface area contributed by atoms with Crippen molar-refractivity contribution in [1.82, 2.24) is 20.2 Å². The van der Waals surface area contributed by atoms with E-state index in [-0.39, 0.29) is 23.2 Å². The van der Waals surface area contributed by atoms with Gasteiger partial charge in [-0.2, -0.15) is 5.10 Å². The zero-order valence-corrected chi connectivity index (χ0v) is 19.0. The van der Waals surface area contributed by atoms with E-state index in [1.165, 1.54) is 6.20 Å². The highest BCUT2D eigenvalue weighted by molar-refractivity contribution is 7.91. The Labute approximate surface area is 186 Å². The molecule has 0 aromatic carbocycles. The molecule has 1 aliphatic heterocycles. The van der Waals surface area contributed by atoms with Crippen molar-refractivity contribution in [2.45, 2.75) is 74.8 Å². The van der Waals surface area contributed by atoms with Gasteiger partial charge in [0.25, 0.3) is 5.56 Å². The fourth-order valence-electron chi connectivity index (χ4n) is 4.15. The molecule has 0 bridgehead atoms. The van der Waals surface area contributed by atoms with Gasteiger partial charge >= 0.3 is 6.09 Å². The van der Waals surface area contributed by atoms with E-state index in [1.807, 2.05) is 4.90 Å². The molecule has 10 nitrogen and oxygen atoms in total. The van der Waals surface area contributed by atoms with E-state index >= 15 is 0 Å². The average Bonchev–Trinajstić information content (AvgIpc) is 3.32. The number of hydrogen-bond acceptors (Lipinski definition) is 7. The number of H-pyrrole nitrogens is 1. The summed E-state index contributed by atoms with van der Waals surface area (Å²) in [6.07, 6.45) is 5.53. The Hall–Kier alpha value is -1.85. The van der Waals surface area contributed by atoms with Crippen LogP contribution in [0.15, 0.2) is 11.0 Å². The van der Waals surface area contributed by atoms with E-state index in [0.717, 1.165) is 0 Å². The topological polar surface area (TPSA) is 133 Å². The van der Waals surface area contributed by atoms with Crippen molar-refractivity contribution in [2.75, 3.05) is 18.0 Å². The minimum Gasteiger partial charge on any atom is -0.444 e. The molecule has 0 spiro atoms. The Morgan fingerprint density at radius 1 is 1.26 bits per heavy atom. The monoisotopic (exact) mass is 473 g/mol. The van der Waals surface area contributed by atoms with Gasteiger partial charge in [-0.3, -0.25) is 4.79 Å². The summed E-state index contributed by atoms with van der Waals surface area (Å²) >= 11 is 6.05. The molecule has 0 radical (unpaired) electrons. The second kappa shape index (κ2) is 8.59. The van der Waals surface area contributed by atoms with E-state index < -0.39 is 26.4 Å². The van der Waals surface area contributed by atoms with Gasteiger partial charge in [-0.15, -0.1) is 0 Å². The Morgan fingerprint density at radius 3 is 2.61 bits per heavy atom. The first-order chi connectivity index (χ1) is 14.7. The number of halogens is 1. The van der Waals surface area contributed by atoms with Crippen LogP contribution in [-0.2, 0) is 14.8 Å². The molecule has 12 heteroatoms. The molecule has 3 aliphatic rings. The van der Waals surface area contributed by atoms with E-state index in [4.69, 9.17) is 16.3 Å². The zero-order chi connectivity index (χ0) is 22.2. The van der Waals surface area contributed by atoms with Crippen molar-refractivity contribution in [3.8, 4) is 0 Å². The Kier molecular flexibility index (Phi) is 6.19. The number of aromatic amines is 1. The SMILES string of the molecule is CC1(S(=O)(=O)N[C@H]2CC[C@H](NC(=O)O[C@@H]3CCN(c4cn[nH]c(=O)c4Cl)C3)CC2)CC1. The zero-order valence-electron chi connectivity index (χ0n) is 17.4. The molecule has 2 saturated carbocycles. The first kappa shape index (κ1) is 22.3. The molecule has 1 aromatic rings. The standard InChI is InChI=1S/C19H28ClN5O5S/c1-19(7-8-19)31(28,29)24-13-4-2-12(3-5-13)22-18(27)30-14-6-9-25(11-14)15-10-21-23-17(26)16(15)20/h10,12-14,24H,2-9,11H2,1H3,(H,22,27)(H,23,26)/t12-,13-,14-/m1/s1. The molecular weight excluding hydrogens is 446 g/mol. The fraction of sp³-hybridized carbons (Fsp3) is 0.737. The number of amides is 1. The lowest BCUT2D eigenvalue weighted by molar-refractivity contribution is 0.102. The number of rotatable bonds is 6. The molecule has 2 heterocycles. The predicted molar refractivity (Wildman–Crippen MR) is 116 cm³/mol. The summed E-state index contributed by atoms with van der Waals surface area (Å²) in [5.74, 6) is 0. The Morgan fingerprint density at radius 2 is 1.94 bits per heavy atom. The van der Waals surface area contributed by atoms with Crippen LogP contribution in [0.2, 0.25) is 5.02 Å². The van der Waals surface area contributed by atoms with Crippen LogP contribution in [0.4, 0.5) is 10.5 Å². The highest BCUT2D eigenvalue weighted by Gasteiger charge is 2.50. The molecule has 172 valence electrons. The maximum atomic E-state index is 12.4. The third kappa shape index (κ3) is 4.98. The van der Waals surface area contributed by atoms with Gasteiger partial charge in [0.05, 0.1) is 23.2 Å². The number of carbonyl (C=O) groups is 1. The predicted octanol–water partition coefficient (Wildman–Crippen LogP) is 1.51. The second-order valence-corrected chi connectivity index (χ2v) is 11.5. The Balaban J connectivity index is 1.21. The number of hydrogen-bond donors (Lipinski definition) is 3. The lowest BCUT2D eigenvalue weighted by Gasteiger charge is -2.30. The van der Waals surface area contributed by atoms with E-state index in [0.29, 0.717) is 63.7 Å². The molecular formula is C19H28ClN5O5S. The first-order valence-corrected chi connectivity index (χ1v) is 12.5. The molecule has 1 saturated heterocycles. The van der Waals surface area contributed by atoms with Gasteiger partial charge in [0.1, 0.15) is 11.1 Å². The summed E-state index contributed by atoms with van der Waals surface area (Å²) < 4.78 is 32.5. The Bertz CT molecular complexity index is 988. The third-order valence-corrected chi connectivity index (χ3v) is 9.23. The molecule has 1 aromatic heterocycles. The minimum atomic E-state index is -3.28. The van der Waals surface area contributed by atoms with Crippen LogP contribution in [0.5, 0.6) is 0 Å². The number of carbonyl (C=O) groups excluding carboxylic acids is 1. The van der Waals surface area contributed by atoms with Crippen LogP contribution in [0.3, 0.4) is 0 Å². The van der Waals surface area contributed by atoms with Crippen molar-refractivity contribution in [3.63, 3.8) is 0 Å². The van der Waals surface area contributed by atoms with Crippen LogP contribution in [0.1, 0.15) is 51.9 Å². The number of ether oxygens (including phenoxy) is 1. The van der Waals surface area contributed by atoms with Crippen molar-refractivity contribution in [1.29, 1.82) is 0 Å². The van der Waals surface area contributed by atoms with E-state index in [9.17, 15) is 18.0 Å². The highest BCUT2D eigenvalue weighted by Crippen LogP contribution is 2.42. The quantitative estimate of drug-likeness (QED) is 0.570. The number of aromatic nitrogens is 2. The van der Waals surface area contributed by atoms with Crippen molar-refractivity contribution < 1.29 is 17.9 Å². The third-order valence-electron chi connectivity index (χ3n) is 6.51. The first-order valence-electron chi connectivity index (χ1n) is 10.6. The smallest absolute Gasteiger partial charge is 0.407 e. The number of sulfonamides is 1. The van der Waals surface area contributed by atoms with Crippen LogP contribution < -0.4 is 20.5 Å². The van der Waals surface area contributed by atoms with Gasteiger partial charge in [0, 0.05) is 25.0 Å². The molecule has 1 atom stereocenters. The maximum Gasteiger partial charge on any atom is 0.407 e. The summed E-state index contributed by atoms with van der Waals surface area (Å²) in [6.45, 7) is 2.82. The maximum absolute atomic E-state index is 12.4. The summed E-state index contributed by atoms with van der Waals surface area (Å²) in [5, 5.41) is 9.02. The summed E-state index contributed by atoms with van der Waals surface area (Å²) in [4.78, 5) is 25.8. The molecule has 4 rings (SSSR count). The largest absolute Gasteiger partial charge is 0.444 e. The number of nitrogens with one attached hydrogen (secondary N) is 3. The lowest BCUT2D eigenvalue weighted by Crippen LogP contribution is -2.46. The van der Waals surface area contributed by atoms with Crippen LogP contribution in [0, 0.1) is 0 Å².